The summed E-state index contributed by atoms with van der Waals surface area (Å²) in [5, 5.41) is 6.78. The van der Waals surface area contributed by atoms with Gasteiger partial charge in [-0.05, 0) is 44.1 Å². The number of hydrogen-bond acceptors (Lipinski definition) is 4. The summed E-state index contributed by atoms with van der Waals surface area (Å²) >= 11 is 0. The van der Waals surface area contributed by atoms with Crippen LogP contribution in [-0.4, -0.2) is 22.6 Å². The molecule has 0 unspecified atom stereocenters. The van der Waals surface area contributed by atoms with Crippen LogP contribution in [0.1, 0.15) is 52.4 Å². The number of nitrogens with one attached hydrogen (secondary N) is 2. The molecule has 2 N–H and O–H groups in total. The smallest absolute Gasteiger partial charge is 0.224 e. The van der Waals surface area contributed by atoms with Gasteiger partial charge in [-0.2, -0.15) is 4.98 Å². The van der Waals surface area contributed by atoms with Gasteiger partial charge in [0.2, 0.25) is 5.95 Å². The third kappa shape index (κ3) is 4.37. The molecule has 1 saturated carbocycles. The highest BCUT2D eigenvalue weighted by Crippen LogP contribution is 2.28. The molecule has 1 heterocycles. The Morgan fingerprint density at radius 3 is 2.68 bits per heavy atom. The Labute approximate surface area is 116 Å². The van der Waals surface area contributed by atoms with E-state index in [4.69, 9.17) is 0 Å². The summed E-state index contributed by atoms with van der Waals surface area (Å²) in [5.41, 5.74) is 0. The van der Waals surface area contributed by atoms with E-state index in [0.29, 0.717) is 6.04 Å². The standard InChI is InChI=1S/C15H26N4/c1-3-10-16-15-17-11-9-14(19-15)18-13-7-5-12(4-2)6-8-13/h9,11-13H,3-8,10H2,1-2H3,(H2,16,17,18,19). The summed E-state index contributed by atoms with van der Waals surface area (Å²) in [6.07, 6.45) is 9.46. The second-order valence-electron chi connectivity index (χ2n) is 5.46. The van der Waals surface area contributed by atoms with E-state index in [9.17, 15) is 0 Å². The molecule has 0 bridgehead atoms. The van der Waals surface area contributed by atoms with Crippen molar-refractivity contribution in [1.82, 2.24) is 9.97 Å². The Kier molecular flexibility index (Phi) is 5.43. The van der Waals surface area contributed by atoms with Crippen LogP contribution in [-0.2, 0) is 0 Å². The van der Waals surface area contributed by atoms with Crippen molar-refractivity contribution in [2.75, 3.05) is 17.2 Å². The average Bonchev–Trinajstić information content (AvgIpc) is 2.46. The van der Waals surface area contributed by atoms with Crippen LogP contribution in [0.5, 0.6) is 0 Å². The predicted molar refractivity (Wildman–Crippen MR) is 80.5 cm³/mol. The molecule has 1 fully saturated rings. The molecule has 0 atom stereocenters. The fourth-order valence-corrected chi connectivity index (χ4v) is 2.69. The molecule has 1 aliphatic rings. The molecular weight excluding hydrogens is 236 g/mol. The van der Waals surface area contributed by atoms with Crippen molar-refractivity contribution < 1.29 is 0 Å². The van der Waals surface area contributed by atoms with Crippen molar-refractivity contribution in [3.05, 3.63) is 12.3 Å². The summed E-state index contributed by atoms with van der Waals surface area (Å²) < 4.78 is 0. The number of aromatic nitrogens is 2. The molecule has 2 rings (SSSR count). The molecule has 0 amide bonds. The minimum atomic E-state index is 0.580. The van der Waals surface area contributed by atoms with E-state index in [1.165, 1.54) is 32.1 Å². The molecule has 4 nitrogen and oxygen atoms in total. The van der Waals surface area contributed by atoms with Crippen LogP contribution in [0.3, 0.4) is 0 Å². The normalized spacial score (nSPS) is 23.1. The summed E-state index contributed by atoms with van der Waals surface area (Å²) in [6, 6.07) is 2.54. The Balaban J connectivity index is 1.85. The van der Waals surface area contributed by atoms with E-state index >= 15 is 0 Å². The Morgan fingerprint density at radius 1 is 1.21 bits per heavy atom. The number of anilines is 2. The molecule has 106 valence electrons. The van der Waals surface area contributed by atoms with Gasteiger partial charge in [-0.25, -0.2) is 4.98 Å². The third-order valence-corrected chi connectivity index (χ3v) is 3.96. The van der Waals surface area contributed by atoms with Gasteiger partial charge in [-0.15, -0.1) is 0 Å². The van der Waals surface area contributed by atoms with Crippen molar-refractivity contribution in [1.29, 1.82) is 0 Å². The highest BCUT2D eigenvalue weighted by atomic mass is 15.1. The highest BCUT2D eigenvalue weighted by Gasteiger charge is 2.19. The SMILES string of the molecule is CCCNc1nccc(NC2CCC(CC)CC2)n1. The van der Waals surface area contributed by atoms with Gasteiger partial charge in [0.1, 0.15) is 5.82 Å². The van der Waals surface area contributed by atoms with Gasteiger partial charge in [0.05, 0.1) is 0 Å². The number of hydrogen-bond donors (Lipinski definition) is 2. The number of rotatable bonds is 6. The lowest BCUT2D eigenvalue weighted by atomic mass is 9.84. The molecule has 0 saturated heterocycles. The first-order chi connectivity index (χ1) is 9.31. The molecule has 4 heteroatoms. The second-order valence-corrected chi connectivity index (χ2v) is 5.46. The summed E-state index contributed by atoms with van der Waals surface area (Å²) in [6.45, 7) is 5.36. The van der Waals surface area contributed by atoms with Crippen LogP contribution in [0.2, 0.25) is 0 Å². The molecule has 0 aliphatic heterocycles. The van der Waals surface area contributed by atoms with Gasteiger partial charge >= 0.3 is 0 Å². The minimum Gasteiger partial charge on any atom is -0.367 e. The van der Waals surface area contributed by atoms with Gasteiger partial charge in [0.15, 0.2) is 0 Å². The van der Waals surface area contributed by atoms with Gasteiger partial charge in [0.25, 0.3) is 0 Å². The predicted octanol–water partition coefficient (Wildman–Crippen LogP) is 3.68. The van der Waals surface area contributed by atoms with Gasteiger partial charge < -0.3 is 10.6 Å². The van der Waals surface area contributed by atoms with Crippen molar-refractivity contribution >= 4 is 11.8 Å². The fourth-order valence-electron chi connectivity index (χ4n) is 2.69. The van der Waals surface area contributed by atoms with Crippen LogP contribution in [0.15, 0.2) is 12.3 Å². The third-order valence-electron chi connectivity index (χ3n) is 3.96. The van der Waals surface area contributed by atoms with Gasteiger partial charge in [0, 0.05) is 18.8 Å². The van der Waals surface area contributed by atoms with E-state index in [1.807, 2.05) is 12.3 Å². The van der Waals surface area contributed by atoms with E-state index in [1.54, 1.807) is 0 Å². The minimum absolute atomic E-state index is 0.580. The van der Waals surface area contributed by atoms with Crippen LogP contribution in [0.25, 0.3) is 0 Å². The first-order valence-corrected chi connectivity index (χ1v) is 7.65. The largest absolute Gasteiger partial charge is 0.367 e. The van der Waals surface area contributed by atoms with Crippen LogP contribution in [0.4, 0.5) is 11.8 Å². The summed E-state index contributed by atoms with van der Waals surface area (Å²) in [7, 11) is 0. The van der Waals surface area contributed by atoms with Crippen LogP contribution in [0, 0.1) is 5.92 Å². The summed E-state index contributed by atoms with van der Waals surface area (Å²) in [5.74, 6) is 2.62. The zero-order valence-corrected chi connectivity index (χ0v) is 12.2. The monoisotopic (exact) mass is 262 g/mol. The topological polar surface area (TPSA) is 49.8 Å². The molecule has 0 radical (unpaired) electrons. The highest BCUT2D eigenvalue weighted by molar-refractivity contribution is 5.40. The van der Waals surface area contributed by atoms with E-state index in [-0.39, 0.29) is 0 Å². The quantitative estimate of drug-likeness (QED) is 0.821. The zero-order chi connectivity index (χ0) is 13.5. The second kappa shape index (κ2) is 7.31. The Bertz CT molecular complexity index is 372. The molecule has 1 aromatic rings. The van der Waals surface area contributed by atoms with E-state index in [0.717, 1.165) is 30.6 Å². The van der Waals surface area contributed by atoms with E-state index in [2.05, 4.69) is 34.4 Å². The van der Waals surface area contributed by atoms with Gasteiger partial charge in [-0.3, -0.25) is 0 Å². The average molecular weight is 262 g/mol. The maximum absolute atomic E-state index is 4.51. The fraction of sp³-hybridized carbons (Fsp3) is 0.733. The molecular formula is C15H26N4. The first-order valence-electron chi connectivity index (χ1n) is 7.65. The molecule has 1 aromatic heterocycles. The lowest BCUT2D eigenvalue weighted by molar-refractivity contribution is 0.330. The lowest BCUT2D eigenvalue weighted by Crippen LogP contribution is -2.26. The van der Waals surface area contributed by atoms with Crippen LogP contribution < -0.4 is 10.6 Å². The first kappa shape index (κ1) is 14.1. The Hall–Kier alpha value is -1.32. The molecule has 0 spiro atoms. The number of nitrogens with zero attached hydrogens (tertiary/aromatic N) is 2. The van der Waals surface area contributed by atoms with Crippen molar-refractivity contribution in [2.45, 2.75) is 58.4 Å². The molecule has 19 heavy (non-hydrogen) atoms. The Morgan fingerprint density at radius 2 is 2.00 bits per heavy atom. The maximum atomic E-state index is 4.51. The van der Waals surface area contributed by atoms with Gasteiger partial charge in [-0.1, -0.05) is 20.3 Å². The van der Waals surface area contributed by atoms with Crippen molar-refractivity contribution in [3.8, 4) is 0 Å². The lowest BCUT2D eigenvalue weighted by Gasteiger charge is -2.28. The molecule has 0 aromatic carbocycles. The van der Waals surface area contributed by atoms with Crippen molar-refractivity contribution in [2.24, 2.45) is 5.92 Å². The summed E-state index contributed by atoms with van der Waals surface area (Å²) in [4.78, 5) is 8.74. The van der Waals surface area contributed by atoms with Crippen molar-refractivity contribution in [3.63, 3.8) is 0 Å². The molecule has 1 aliphatic carbocycles. The maximum Gasteiger partial charge on any atom is 0.224 e. The zero-order valence-electron chi connectivity index (χ0n) is 12.2. The van der Waals surface area contributed by atoms with Crippen LogP contribution >= 0.6 is 0 Å². The van der Waals surface area contributed by atoms with E-state index < -0.39 is 0 Å².